The molecule has 0 unspecified atom stereocenters. The van der Waals surface area contributed by atoms with Crippen LogP contribution < -0.4 is 5.32 Å². The Morgan fingerprint density at radius 1 is 1.37 bits per heavy atom. The Hall–Kier alpha value is -1.89. The zero-order valence-electron chi connectivity index (χ0n) is 10.6. The molecule has 1 aromatic rings. The number of sulfone groups is 1. The molecular formula is C12H15NO5S. The van der Waals surface area contributed by atoms with E-state index >= 15 is 0 Å². The zero-order chi connectivity index (χ0) is 14.6. The van der Waals surface area contributed by atoms with Crippen LogP contribution in [0.15, 0.2) is 29.2 Å². The average molecular weight is 285 g/mol. The standard InChI is InChI=1S/C12H15NO5S/c1-8(14)13-11(12(15)16)7-9-4-3-5-10(6-9)19(2,17)18/h3-6,11H,7H2,1-2H3,(H,13,14)(H,15,16)/t11-/m0/s1. The Bertz CT molecular complexity index is 594. The Morgan fingerprint density at radius 2 is 2.00 bits per heavy atom. The van der Waals surface area contributed by atoms with Crippen LogP contribution in [-0.4, -0.2) is 37.7 Å². The topological polar surface area (TPSA) is 101 Å². The highest BCUT2D eigenvalue weighted by Crippen LogP contribution is 2.13. The van der Waals surface area contributed by atoms with Crippen molar-refractivity contribution in [2.45, 2.75) is 24.3 Å². The summed E-state index contributed by atoms with van der Waals surface area (Å²) < 4.78 is 22.8. The van der Waals surface area contributed by atoms with Crippen LogP contribution in [0.25, 0.3) is 0 Å². The molecule has 0 heterocycles. The Kier molecular flexibility index (Phi) is 4.66. The number of aliphatic carboxylic acids is 1. The van der Waals surface area contributed by atoms with E-state index in [4.69, 9.17) is 5.11 Å². The molecule has 0 aliphatic rings. The molecule has 1 amide bonds. The summed E-state index contributed by atoms with van der Waals surface area (Å²) in [6.45, 7) is 1.23. The van der Waals surface area contributed by atoms with Crippen LogP contribution in [0.2, 0.25) is 0 Å². The van der Waals surface area contributed by atoms with Gasteiger partial charge >= 0.3 is 5.97 Å². The summed E-state index contributed by atoms with van der Waals surface area (Å²) in [7, 11) is -3.34. The molecule has 1 aromatic carbocycles. The van der Waals surface area contributed by atoms with Crippen LogP contribution in [0, 0.1) is 0 Å². The minimum atomic E-state index is -3.34. The molecule has 0 aliphatic heterocycles. The molecular weight excluding hydrogens is 270 g/mol. The number of benzene rings is 1. The number of hydrogen-bond acceptors (Lipinski definition) is 4. The SMILES string of the molecule is CC(=O)N[C@@H](Cc1cccc(S(C)(=O)=O)c1)C(=O)O. The van der Waals surface area contributed by atoms with Crippen LogP contribution in [0.4, 0.5) is 0 Å². The van der Waals surface area contributed by atoms with Crippen LogP contribution in [0.1, 0.15) is 12.5 Å². The third-order valence-corrected chi connectivity index (χ3v) is 3.55. The van der Waals surface area contributed by atoms with E-state index < -0.39 is 27.8 Å². The van der Waals surface area contributed by atoms with Gasteiger partial charge in [-0.05, 0) is 17.7 Å². The van der Waals surface area contributed by atoms with Gasteiger partial charge in [-0.3, -0.25) is 4.79 Å². The lowest BCUT2D eigenvalue weighted by atomic mass is 10.1. The second kappa shape index (κ2) is 5.83. The summed E-state index contributed by atoms with van der Waals surface area (Å²) in [5, 5.41) is 11.3. The summed E-state index contributed by atoms with van der Waals surface area (Å²) in [5.74, 6) is -1.62. The summed E-state index contributed by atoms with van der Waals surface area (Å²) in [6, 6.07) is 4.93. The summed E-state index contributed by atoms with van der Waals surface area (Å²) >= 11 is 0. The average Bonchev–Trinajstić information content (AvgIpc) is 2.26. The molecule has 0 saturated carbocycles. The van der Waals surface area contributed by atoms with E-state index in [9.17, 15) is 18.0 Å². The molecule has 0 fully saturated rings. The maximum absolute atomic E-state index is 11.4. The van der Waals surface area contributed by atoms with Gasteiger partial charge in [-0.15, -0.1) is 0 Å². The van der Waals surface area contributed by atoms with Crippen molar-refractivity contribution in [3.05, 3.63) is 29.8 Å². The predicted molar refractivity (Wildman–Crippen MR) is 68.5 cm³/mol. The lowest BCUT2D eigenvalue weighted by molar-refractivity contribution is -0.141. The van der Waals surface area contributed by atoms with E-state index in [1.54, 1.807) is 12.1 Å². The van der Waals surface area contributed by atoms with Crippen molar-refractivity contribution in [3.8, 4) is 0 Å². The van der Waals surface area contributed by atoms with Gasteiger partial charge in [0.05, 0.1) is 4.90 Å². The molecule has 1 atom stereocenters. The van der Waals surface area contributed by atoms with E-state index in [0.717, 1.165) is 6.26 Å². The van der Waals surface area contributed by atoms with Gasteiger partial charge in [0, 0.05) is 19.6 Å². The lowest BCUT2D eigenvalue weighted by Crippen LogP contribution is -2.41. The summed E-state index contributed by atoms with van der Waals surface area (Å²) in [4.78, 5) is 22.0. The fourth-order valence-corrected chi connectivity index (χ4v) is 2.28. The van der Waals surface area contributed by atoms with Crippen molar-refractivity contribution in [3.63, 3.8) is 0 Å². The molecule has 1 rings (SSSR count). The minimum Gasteiger partial charge on any atom is -0.480 e. The molecule has 0 aromatic heterocycles. The maximum Gasteiger partial charge on any atom is 0.326 e. The lowest BCUT2D eigenvalue weighted by Gasteiger charge is -2.13. The van der Waals surface area contributed by atoms with Crippen LogP contribution in [0.5, 0.6) is 0 Å². The molecule has 104 valence electrons. The molecule has 7 heteroatoms. The Labute approximate surface area is 111 Å². The van der Waals surface area contributed by atoms with Gasteiger partial charge in [0.15, 0.2) is 9.84 Å². The number of carboxylic acids is 1. The molecule has 2 N–H and O–H groups in total. The van der Waals surface area contributed by atoms with Crippen molar-refractivity contribution in [2.24, 2.45) is 0 Å². The van der Waals surface area contributed by atoms with Gasteiger partial charge in [0.25, 0.3) is 0 Å². The highest BCUT2D eigenvalue weighted by molar-refractivity contribution is 7.90. The van der Waals surface area contributed by atoms with E-state index in [1.807, 2.05) is 0 Å². The predicted octanol–water partition coefficient (Wildman–Crippen LogP) is 0.222. The highest BCUT2D eigenvalue weighted by Gasteiger charge is 2.19. The summed E-state index contributed by atoms with van der Waals surface area (Å²) in [6.07, 6.45) is 1.10. The molecule has 0 spiro atoms. The molecule has 0 bridgehead atoms. The number of carbonyl (C=O) groups is 2. The van der Waals surface area contributed by atoms with Crippen molar-refractivity contribution >= 4 is 21.7 Å². The largest absolute Gasteiger partial charge is 0.480 e. The van der Waals surface area contributed by atoms with E-state index in [2.05, 4.69) is 5.32 Å². The van der Waals surface area contributed by atoms with Crippen LogP contribution >= 0.6 is 0 Å². The quantitative estimate of drug-likeness (QED) is 0.806. The second-order valence-corrected chi connectivity index (χ2v) is 6.23. The third kappa shape index (κ3) is 4.70. The fraction of sp³-hybridized carbons (Fsp3) is 0.333. The Morgan fingerprint density at radius 3 is 2.47 bits per heavy atom. The van der Waals surface area contributed by atoms with E-state index in [-0.39, 0.29) is 11.3 Å². The number of rotatable bonds is 5. The minimum absolute atomic E-state index is 0.0261. The van der Waals surface area contributed by atoms with Crippen molar-refractivity contribution in [1.82, 2.24) is 5.32 Å². The van der Waals surface area contributed by atoms with Gasteiger partial charge in [0.1, 0.15) is 6.04 Å². The zero-order valence-corrected chi connectivity index (χ0v) is 11.4. The number of amides is 1. The van der Waals surface area contributed by atoms with Crippen molar-refractivity contribution < 1.29 is 23.1 Å². The van der Waals surface area contributed by atoms with Crippen LogP contribution in [0.3, 0.4) is 0 Å². The van der Waals surface area contributed by atoms with Gasteiger partial charge < -0.3 is 10.4 Å². The van der Waals surface area contributed by atoms with Crippen molar-refractivity contribution in [2.75, 3.05) is 6.26 Å². The van der Waals surface area contributed by atoms with Crippen LogP contribution in [-0.2, 0) is 25.8 Å². The van der Waals surface area contributed by atoms with Gasteiger partial charge in [-0.1, -0.05) is 12.1 Å². The Balaban J connectivity index is 2.97. The monoisotopic (exact) mass is 285 g/mol. The molecule has 0 saturated heterocycles. The third-order valence-electron chi connectivity index (χ3n) is 2.44. The van der Waals surface area contributed by atoms with Gasteiger partial charge in [-0.2, -0.15) is 0 Å². The van der Waals surface area contributed by atoms with Gasteiger partial charge in [-0.25, -0.2) is 13.2 Å². The second-order valence-electron chi connectivity index (χ2n) is 4.22. The first-order valence-corrected chi connectivity index (χ1v) is 7.38. The molecule has 6 nitrogen and oxygen atoms in total. The molecule has 19 heavy (non-hydrogen) atoms. The van der Waals surface area contributed by atoms with Gasteiger partial charge in [0.2, 0.25) is 5.91 Å². The highest BCUT2D eigenvalue weighted by atomic mass is 32.2. The maximum atomic E-state index is 11.4. The number of carboxylic acid groups (broad SMARTS) is 1. The smallest absolute Gasteiger partial charge is 0.326 e. The van der Waals surface area contributed by atoms with E-state index in [1.165, 1.54) is 19.1 Å². The molecule has 0 radical (unpaired) electrons. The number of nitrogens with one attached hydrogen (secondary N) is 1. The molecule has 0 aliphatic carbocycles. The first-order chi connectivity index (χ1) is 8.70. The number of hydrogen-bond donors (Lipinski definition) is 2. The normalized spacial score (nSPS) is 12.7. The first kappa shape index (κ1) is 15.2. The fourth-order valence-electron chi connectivity index (χ4n) is 1.58. The van der Waals surface area contributed by atoms with E-state index in [0.29, 0.717) is 5.56 Å². The number of carbonyl (C=O) groups excluding carboxylic acids is 1. The van der Waals surface area contributed by atoms with Crippen molar-refractivity contribution in [1.29, 1.82) is 0 Å². The summed E-state index contributed by atoms with van der Waals surface area (Å²) in [5.41, 5.74) is 0.532. The first-order valence-electron chi connectivity index (χ1n) is 5.49.